The summed E-state index contributed by atoms with van der Waals surface area (Å²) in [5.74, 6) is 0. The van der Waals surface area contributed by atoms with E-state index in [1.807, 2.05) is 0 Å². The van der Waals surface area contributed by atoms with Gasteiger partial charge in [-0.15, -0.1) is 0 Å². The van der Waals surface area contributed by atoms with E-state index in [-0.39, 0.29) is 6.03 Å². The van der Waals surface area contributed by atoms with Crippen LogP contribution >= 0.6 is 0 Å². The van der Waals surface area contributed by atoms with Crippen LogP contribution in [0.15, 0.2) is 0 Å². The van der Waals surface area contributed by atoms with Crippen LogP contribution in [0, 0.1) is 0 Å². The predicted octanol–water partition coefficient (Wildman–Crippen LogP) is 8.32. The van der Waals surface area contributed by atoms with E-state index in [2.05, 4.69) is 13.8 Å². The largest absolute Gasteiger partial charge is 0.394 e. The summed E-state index contributed by atoms with van der Waals surface area (Å²) in [6.45, 7) is 5.01. The normalized spacial score (nSPS) is 21.5. The maximum atomic E-state index is 13.6. The highest BCUT2D eigenvalue weighted by molar-refractivity contribution is 5.74. The number of nitrogens with zero attached hydrogens (tertiary/aromatic N) is 2. The number of ether oxygens (including phenoxy) is 1. The third-order valence-corrected chi connectivity index (χ3v) is 9.85. The minimum atomic E-state index is -1.50. The Kier molecular flexibility index (Phi) is 27.2. The van der Waals surface area contributed by atoms with E-state index in [1.54, 1.807) is 11.9 Å². The summed E-state index contributed by atoms with van der Waals surface area (Å²) in [6, 6.07) is -0.249. The summed E-state index contributed by atoms with van der Waals surface area (Å²) in [7, 11) is 1.78. The van der Waals surface area contributed by atoms with Gasteiger partial charge in [0.25, 0.3) is 0 Å². The number of rotatable bonds is 30. The van der Waals surface area contributed by atoms with E-state index in [4.69, 9.17) is 4.74 Å². The average molecular weight is 657 g/mol. The first kappa shape index (κ1) is 43.1. The second kappa shape index (κ2) is 29.0. The lowest BCUT2D eigenvalue weighted by Crippen LogP contribution is -2.65. The van der Waals surface area contributed by atoms with Crippen molar-refractivity contribution in [2.24, 2.45) is 0 Å². The number of aliphatic hydroxyl groups is 4. The molecular formula is C38H76N2O6. The Morgan fingerprint density at radius 3 is 1.24 bits per heavy atom. The first-order valence-electron chi connectivity index (χ1n) is 19.7. The van der Waals surface area contributed by atoms with E-state index in [0.717, 1.165) is 32.1 Å². The van der Waals surface area contributed by atoms with Crippen LogP contribution in [0.25, 0.3) is 0 Å². The Hall–Kier alpha value is -0.930. The highest BCUT2D eigenvalue weighted by atomic mass is 16.6. The molecule has 8 heteroatoms. The van der Waals surface area contributed by atoms with Gasteiger partial charge in [-0.3, -0.25) is 4.90 Å². The molecule has 2 amide bonds. The molecule has 0 aromatic heterocycles. The topological polar surface area (TPSA) is 114 Å². The van der Waals surface area contributed by atoms with Gasteiger partial charge in [-0.25, -0.2) is 4.79 Å². The zero-order valence-electron chi connectivity index (χ0n) is 30.4. The average Bonchev–Trinajstić information content (AvgIpc) is 3.06. The fraction of sp³-hybridized carbons (Fsp3) is 0.974. The van der Waals surface area contributed by atoms with Gasteiger partial charge in [0.05, 0.1) is 6.61 Å². The molecule has 1 saturated heterocycles. The van der Waals surface area contributed by atoms with E-state index >= 15 is 0 Å². The van der Waals surface area contributed by atoms with Crippen molar-refractivity contribution in [1.29, 1.82) is 0 Å². The molecule has 274 valence electrons. The molecule has 1 aliphatic rings. The molecule has 0 saturated carbocycles. The third-order valence-electron chi connectivity index (χ3n) is 9.85. The van der Waals surface area contributed by atoms with Crippen LogP contribution in [0.2, 0.25) is 0 Å². The van der Waals surface area contributed by atoms with E-state index in [0.29, 0.717) is 13.1 Å². The van der Waals surface area contributed by atoms with Gasteiger partial charge >= 0.3 is 6.03 Å². The molecule has 1 aliphatic heterocycles. The molecule has 0 aromatic carbocycles. The molecule has 0 aromatic rings. The van der Waals surface area contributed by atoms with Crippen molar-refractivity contribution in [3.8, 4) is 0 Å². The molecule has 1 rings (SSSR count). The Labute approximate surface area is 283 Å². The molecule has 8 nitrogen and oxygen atoms in total. The van der Waals surface area contributed by atoms with Gasteiger partial charge in [0, 0.05) is 20.1 Å². The Balaban J connectivity index is 2.36. The lowest BCUT2D eigenvalue weighted by Gasteiger charge is -2.45. The van der Waals surface area contributed by atoms with Gasteiger partial charge in [0.1, 0.15) is 24.4 Å². The maximum Gasteiger partial charge on any atom is 0.321 e. The van der Waals surface area contributed by atoms with Crippen LogP contribution in [0.5, 0.6) is 0 Å². The lowest BCUT2D eigenvalue weighted by atomic mass is 9.97. The molecule has 0 bridgehead atoms. The number of carbonyl (C=O) groups excluding carboxylic acids is 1. The third kappa shape index (κ3) is 19.2. The van der Waals surface area contributed by atoms with Crippen molar-refractivity contribution in [2.45, 2.75) is 211 Å². The van der Waals surface area contributed by atoms with Crippen LogP contribution in [0.1, 0.15) is 181 Å². The fourth-order valence-corrected chi connectivity index (χ4v) is 6.65. The standard InChI is InChI=1S/C38H76N2O6/c1-4-6-8-10-12-14-16-17-18-19-20-21-22-24-26-28-30-39(3)38(45)40(31-29-27-25-23-15-13-11-9-7-5-2)37-36(44)35(43)34(42)33(32-41)46-37/h33-37,41-44H,4-32H2,1-3H3/t33-,34-,35+,36-,37-/m1/s1. The molecule has 0 radical (unpaired) electrons. The van der Waals surface area contributed by atoms with E-state index in [1.165, 1.54) is 140 Å². The maximum absolute atomic E-state index is 13.6. The van der Waals surface area contributed by atoms with Crippen molar-refractivity contribution in [2.75, 3.05) is 26.7 Å². The van der Waals surface area contributed by atoms with Crippen molar-refractivity contribution in [3.63, 3.8) is 0 Å². The minimum absolute atomic E-state index is 0.249. The van der Waals surface area contributed by atoms with Crippen LogP contribution in [0.4, 0.5) is 4.79 Å². The number of unbranched alkanes of at least 4 members (excludes halogenated alkanes) is 24. The zero-order valence-corrected chi connectivity index (χ0v) is 30.4. The van der Waals surface area contributed by atoms with Gasteiger partial charge in [0.2, 0.25) is 0 Å². The monoisotopic (exact) mass is 657 g/mol. The molecule has 0 aliphatic carbocycles. The number of urea groups is 1. The number of amides is 2. The van der Waals surface area contributed by atoms with Gasteiger partial charge in [0.15, 0.2) is 6.23 Å². The minimum Gasteiger partial charge on any atom is -0.394 e. The molecule has 1 fully saturated rings. The van der Waals surface area contributed by atoms with Gasteiger partial charge < -0.3 is 30.1 Å². The lowest BCUT2D eigenvalue weighted by molar-refractivity contribution is -0.258. The molecule has 46 heavy (non-hydrogen) atoms. The number of hydrogen-bond acceptors (Lipinski definition) is 6. The van der Waals surface area contributed by atoms with Crippen molar-refractivity contribution in [3.05, 3.63) is 0 Å². The molecular weight excluding hydrogens is 580 g/mol. The van der Waals surface area contributed by atoms with E-state index in [9.17, 15) is 25.2 Å². The summed E-state index contributed by atoms with van der Waals surface area (Å²) in [6.07, 6.45) is 26.1. The summed E-state index contributed by atoms with van der Waals surface area (Å²) >= 11 is 0. The highest BCUT2D eigenvalue weighted by Crippen LogP contribution is 2.25. The molecule has 0 spiro atoms. The molecule has 0 unspecified atom stereocenters. The second-order valence-corrected chi connectivity index (χ2v) is 14.1. The summed E-state index contributed by atoms with van der Waals surface area (Å²) in [5.41, 5.74) is 0. The van der Waals surface area contributed by atoms with Crippen molar-refractivity contribution in [1.82, 2.24) is 9.80 Å². The number of hydrogen-bond donors (Lipinski definition) is 4. The number of aliphatic hydroxyl groups excluding tert-OH is 4. The zero-order chi connectivity index (χ0) is 33.8. The van der Waals surface area contributed by atoms with Gasteiger partial charge in [-0.1, -0.05) is 168 Å². The number of carbonyl (C=O) groups is 1. The first-order chi connectivity index (χ1) is 22.4. The van der Waals surface area contributed by atoms with Gasteiger partial charge in [-0.05, 0) is 12.8 Å². The molecule has 5 atom stereocenters. The molecule has 1 heterocycles. The first-order valence-corrected chi connectivity index (χ1v) is 19.7. The van der Waals surface area contributed by atoms with E-state index < -0.39 is 37.3 Å². The Morgan fingerprint density at radius 1 is 0.522 bits per heavy atom. The second-order valence-electron chi connectivity index (χ2n) is 14.1. The summed E-state index contributed by atoms with van der Waals surface area (Å²) in [4.78, 5) is 16.8. The SMILES string of the molecule is CCCCCCCCCCCCCCCCCCN(C)C(=O)N(CCCCCCCCCCCC)[C@@H]1O[C@H](CO)[C@@H](O)[C@H](O)[C@H]1O. The van der Waals surface area contributed by atoms with Crippen molar-refractivity contribution >= 4 is 6.03 Å². The van der Waals surface area contributed by atoms with Gasteiger partial charge in [-0.2, -0.15) is 0 Å². The molecule has 4 N–H and O–H groups in total. The smallest absolute Gasteiger partial charge is 0.321 e. The Bertz CT molecular complexity index is 696. The van der Waals surface area contributed by atoms with Crippen LogP contribution in [0.3, 0.4) is 0 Å². The highest BCUT2D eigenvalue weighted by Gasteiger charge is 2.47. The van der Waals surface area contributed by atoms with Crippen LogP contribution in [-0.4, -0.2) is 93.6 Å². The fourth-order valence-electron chi connectivity index (χ4n) is 6.65. The predicted molar refractivity (Wildman–Crippen MR) is 190 cm³/mol. The van der Waals surface area contributed by atoms with Crippen molar-refractivity contribution < 1.29 is 30.0 Å². The quantitative estimate of drug-likeness (QED) is 0.0579. The van der Waals surface area contributed by atoms with Crippen LogP contribution in [-0.2, 0) is 4.74 Å². The Morgan fingerprint density at radius 2 is 0.870 bits per heavy atom. The van der Waals surface area contributed by atoms with Crippen LogP contribution < -0.4 is 0 Å². The summed E-state index contributed by atoms with van der Waals surface area (Å²) < 4.78 is 5.81. The summed E-state index contributed by atoms with van der Waals surface area (Å²) in [5, 5.41) is 41.1.